The van der Waals surface area contributed by atoms with Crippen LogP contribution in [0.5, 0.6) is 0 Å². The average Bonchev–Trinajstić information content (AvgIpc) is 2.02. The molecule has 1 aromatic heterocycles. The second-order valence-corrected chi connectivity index (χ2v) is 2.24. The van der Waals surface area contributed by atoms with Crippen LogP contribution in [0, 0.1) is 11.3 Å². The smallest absolute Gasteiger partial charge is 0.106 e. The number of hydrogen-bond donors (Lipinski definition) is 0. The molecule has 0 aliphatic carbocycles. The fourth-order valence-corrected chi connectivity index (χ4v) is 0.787. The summed E-state index contributed by atoms with van der Waals surface area (Å²) in [4.78, 5) is 0. The van der Waals surface area contributed by atoms with E-state index in [1.807, 2.05) is 16.8 Å². The monoisotopic (exact) mass is 162 g/mol. The largest absolute Gasteiger partial charge is 0.471 e. The maximum Gasteiger partial charge on any atom is 0.106 e. The lowest BCUT2D eigenvalue weighted by atomic mass is 10.4. The highest BCUT2D eigenvalue weighted by Crippen LogP contribution is 1.89. The Balaban J connectivity index is 2.75. The zero-order valence-corrected chi connectivity index (χ0v) is 6.68. The molecule has 0 aromatic carbocycles. The lowest BCUT2D eigenvalue weighted by Gasteiger charge is -1.98. The predicted octanol–water partition coefficient (Wildman–Crippen LogP) is 2.12. The quantitative estimate of drug-likeness (QED) is 0.668. The van der Waals surface area contributed by atoms with Crippen molar-refractivity contribution < 1.29 is 4.42 Å². The number of hydrogen-bond acceptors (Lipinski definition) is 2. The summed E-state index contributed by atoms with van der Waals surface area (Å²) in [5.74, 6) is 0. The van der Waals surface area contributed by atoms with E-state index in [-0.39, 0.29) is 0 Å². The van der Waals surface area contributed by atoms with Crippen LogP contribution in [-0.2, 0) is 6.54 Å². The molecule has 3 heteroatoms. The molecule has 1 rings (SSSR count). The normalized spacial score (nSPS) is 8.58. The van der Waals surface area contributed by atoms with Crippen molar-refractivity contribution in [2.45, 2.75) is 13.0 Å². The summed E-state index contributed by atoms with van der Waals surface area (Å²) < 4.78 is 6.84. The summed E-state index contributed by atoms with van der Waals surface area (Å²) in [6, 6.07) is 5.74. The van der Waals surface area contributed by atoms with Gasteiger partial charge in [0.2, 0.25) is 0 Å². The topological polar surface area (TPSA) is 41.9 Å². The number of aromatic nitrogens is 1. The van der Waals surface area contributed by atoms with E-state index in [0.29, 0.717) is 13.0 Å². The van der Waals surface area contributed by atoms with Gasteiger partial charge in [-0.05, 0) is 12.1 Å². The van der Waals surface area contributed by atoms with Gasteiger partial charge >= 0.3 is 0 Å². The molecule has 1 aromatic rings. The van der Waals surface area contributed by atoms with Crippen molar-refractivity contribution in [3.05, 3.63) is 37.1 Å². The third-order valence-corrected chi connectivity index (χ3v) is 1.36. The Bertz CT molecular complexity index is 285. The highest BCUT2D eigenvalue weighted by atomic mass is 16.3. The van der Waals surface area contributed by atoms with Crippen molar-refractivity contribution in [1.82, 2.24) is 4.57 Å². The molecule has 0 bridgehead atoms. The Morgan fingerprint density at radius 2 is 2.17 bits per heavy atom. The van der Waals surface area contributed by atoms with Gasteiger partial charge in [-0.2, -0.15) is 5.26 Å². The van der Waals surface area contributed by atoms with E-state index < -0.39 is 0 Å². The molecule has 0 saturated carbocycles. The standard InChI is InChI=1S/C9H10N2O/c10-4-3-6-11-5-1-2-8-12-9-7-11/h1-2,5,7-9H,3,6H2. The number of rotatable bonds is 2. The summed E-state index contributed by atoms with van der Waals surface area (Å²) in [7, 11) is 0. The van der Waals surface area contributed by atoms with Crippen molar-refractivity contribution >= 4 is 0 Å². The third-order valence-electron chi connectivity index (χ3n) is 1.36. The molecule has 0 spiro atoms. The molecule has 0 unspecified atom stereocenters. The number of nitrogens with zero attached hydrogens (tertiary/aromatic N) is 2. The second kappa shape index (κ2) is 5.03. The second-order valence-electron chi connectivity index (χ2n) is 2.24. The zero-order valence-electron chi connectivity index (χ0n) is 6.68. The lowest BCUT2D eigenvalue weighted by molar-refractivity contribution is 0.542. The minimum Gasteiger partial charge on any atom is -0.471 e. The summed E-state index contributed by atoms with van der Waals surface area (Å²) in [6.07, 6.45) is 7.37. The Labute approximate surface area is 71.2 Å². The Kier molecular flexibility index (Phi) is 3.52. The van der Waals surface area contributed by atoms with Crippen LogP contribution in [0.25, 0.3) is 0 Å². The van der Waals surface area contributed by atoms with Crippen LogP contribution < -0.4 is 0 Å². The van der Waals surface area contributed by atoms with Crippen LogP contribution in [0.15, 0.2) is 41.5 Å². The fourth-order valence-electron chi connectivity index (χ4n) is 0.787. The molecule has 62 valence electrons. The van der Waals surface area contributed by atoms with Crippen LogP contribution in [0.2, 0.25) is 0 Å². The predicted molar refractivity (Wildman–Crippen MR) is 44.6 cm³/mol. The SMILES string of the molecule is N#CCCn1ccccocc1. The van der Waals surface area contributed by atoms with Gasteiger partial charge in [0.15, 0.2) is 0 Å². The molecule has 0 saturated heterocycles. The van der Waals surface area contributed by atoms with E-state index in [1.165, 1.54) is 0 Å². The molecule has 12 heavy (non-hydrogen) atoms. The van der Waals surface area contributed by atoms with Crippen LogP contribution in [0.4, 0.5) is 0 Å². The maximum atomic E-state index is 8.35. The van der Waals surface area contributed by atoms with Gasteiger partial charge in [0.25, 0.3) is 0 Å². The van der Waals surface area contributed by atoms with Crippen molar-refractivity contribution in [1.29, 1.82) is 5.26 Å². The molecule has 0 amide bonds. The Morgan fingerprint density at radius 1 is 1.25 bits per heavy atom. The summed E-state index contributed by atoms with van der Waals surface area (Å²) in [6.45, 7) is 0.695. The molecule has 0 N–H and O–H groups in total. The van der Waals surface area contributed by atoms with E-state index in [4.69, 9.17) is 9.68 Å². The first-order valence-electron chi connectivity index (χ1n) is 3.71. The number of nitriles is 1. The van der Waals surface area contributed by atoms with Crippen molar-refractivity contribution in [3.63, 3.8) is 0 Å². The van der Waals surface area contributed by atoms with Gasteiger partial charge in [-0.3, -0.25) is 0 Å². The molecular formula is C9H10N2O. The zero-order chi connectivity index (χ0) is 8.65. The van der Waals surface area contributed by atoms with Gasteiger partial charge in [0.1, 0.15) is 6.26 Å². The summed E-state index contributed by atoms with van der Waals surface area (Å²) in [5, 5.41) is 8.35. The van der Waals surface area contributed by atoms with Crippen LogP contribution in [0.1, 0.15) is 6.42 Å². The lowest BCUT2D eigenvalue weighted by Crippen LogP contribution is -1.93. The molecule has 0 fully saturated rings. The summed E-state index contributed by atoms with van der Waals surface area (Å²) >= 11 is 0. The molecule has 0 aliphatic heterocycles. The molecule has 1 heterocycles. The van der Waals surface area contributed by atoms with Crippen LogP contribution >= 0.6 is 0 Å². The van der Waals surface area contributed by atoms with Gasteiger partial charge in [-0.25, -0.2) is 0 Å². The van der Waals surface area contributed by atoms with E-state index in [0.717, 1.165) is 0 Å². The van der Waals surface area contributed by atoms with Gasteiger partial charge in [-0.1, -0.05) is 0 Å². The van der Waals surface area contributed by atoms with Crippen LogP contribution in [-0.4, -0.2) is 4.57 Å². The van der Waals surface area contributed by atoms with Gasteiger partial charge in [0, 0.05) is 18.9 Å². The first-order chi connectivity index (χ1) is 5.93. The number of aryl methyl sites for hydroxylation is 1. The first kappa shape index (κ1) is 8.41. The van der Waals surface area contributed by atoms with Gasteiger partial charge in [-0.15, -0.1) is 0 Å². The van der Waals surface area contributed by atoms with Crippen LogP contribution in [0.3, 0.4) is 0 Å². The van der Waals surface area contributed by atoms with E-state index in [1.54, 1.807) is 24.8 Å². The maximum absolute atomic E-state index is 8.35. The molecular weight excluding hydrogens is 152 g/mol. The van der Waals surface area contributed by atoms with Crippen molar-refractivity contribution in [3.8, 4) is 6.07 Å². The van der Waals surface area contributed by atoms with Crippen molar-refractivity contribution in [2.24, 2.45) is 0 Å². The van der Waals surface area contributed by atoms with E-state index >= 15 is 0 Å². The third kappa shape index (κ3) is 2.93. The Morgan fingerprint density at radius 3 is 3.00 bits per heavy atom. The van der Waals surface area contributed by atoms with Gasteiger partial charge in [0.05, 0.1) is 18.8 Å². The molecule has 0 atom stereocenters. The minimum atomic E-state index is 0.512. The average molecular weight is 162 g/mol. The van der Waals surface area contributed by atoms with Crippen molar-refractivity contribution in [2.75, 3.05) is 0 Å². The molecule has 0 radical (unpaired) electrons. The summed E-state index contributed by atoms with van der Waals surface area (Å²) in [5.41, 5.74) is 0. The van der Waals surface area contributed by atoms with E-state index in [9.17, 15) is 0 Å². The highest BCUT2D eigenvalue weighted by Gasteiger charge is 1.82. The highest BCUT2D eigenvalue weighted by molar-refractivity contribution is 4.83. The molecule has 3 nitrogen and oxygen atoms in total. The van der Waals surface area contributed by atoms with Gasteiger partial charge < -0.3 is 8.98 Å². The molecule has 0 aliphatic rings. The Hall–Kier alpha value is -1.69. The first-order valence-corrected chi connectivity index (χ1v) is 3.71. The fraction of sp³-hybridized carbons (Fsp3) is 0.222. The minimum absolute atomic E-state index is 0.512. The van der Waals surface area contributed by atoms with E-state index in [2.05, 4.69) is 6.07 Å².